The van der Waals surface area contributed by atoms with Crippen LogP contribution in [0.15, 0.2) is 65.7 Å². The Morgan fingerprint density at radius 2 is 1.92 bits per heavy atom. The number of hydrogen-bond acceptors (Lipinski definition) is 6. The summed E-state index contributed by atoms with van der Waals surface area (Å²) in [6, 6.07) is 12.2. The number of carbonyl (C=O) groups is 1. The van der Waals surface area contributed by atoms with Crippen LogP contribution in [0, 0.1) is 5.92 Å². The van der Waals surface area contributed by atoms with Crippen molar-refractivity contribution in [1.82, 2.24) is 30.1 Å². The monoisotopic (exact) mass is 519 g/mol. The number of nitrogens with one attached hydrogen (secondary N) is 3. The van der Waals surface area contributed by atoms with E-state index >= 15 is 0 Å². The molecule has 6 aromatic rings. The second-order valence-corrected chi connectivity index (χ2v) is 10.6. The lowest BCUT2D eigenvalue weighted by atomic mass is 9.88. The predicted octanol–water partition coefficient (Wildman–Crippen LogP) is 6.81. The van der Waals surface area contributed by atoms with Gasteiger partial charge in [0.2, 0.25) is 5.91 Å². The van der Waals surface area contributed by atoms with E-state index in [1.54, 1.807) is 29.9 Å². The minimum Gasteiger partial charge on any atom is -0.337 e. The fourth-order valence-corrected chi connectivity index (χ4v) is 5.96. The van der Waals surface area contributed by atoms with Gasteiger partial charge in [-0.3, -0.25) is 19.9 Å². The molecule has 0 radical (unpaired) electrons. The van der Waals surface area contributed by atoms with E-state index in [0.717, 1.165) is 75.7 Å². The van der Waals surface area contributed by atoms with Gasteiger partial charge in [0.25, 0.3) is 0 Å². The minimum atomic E-state index is 0.0795. The van der Waals surface area contributed by atoms with Crippen LogP contribution in [0.2, 0.25) is 0 Å². The van der Waals surface area contributed by atoms with Crippen molar-refractivity contribution in [3.8, 4) is 33.9 Å². The Balaban J connectivity index is 1.23. The van der Waals surface area contributed by atoms with Crippen molar-refractivity contribution in [1.29, 1.82) is 0 Å². The summed E-state index contributed by atoms with van der Waals surface area (Å²) in [7, 11) is 0. The van der Waals surface area contributed by atoms with Crippen molar-refractivity contribution in [2.75, 3.05) is 5.32 Å². The molecule has 1 aliphatic carbocycles. The number of carbonyl (C=O) groups excluding carboxylic acids is 1. The van der Waals surface area contributed by atoms with Crippen LogP contribution in [0.25, 0.3) is 55.8 Å². The number of benzene rings is 1. The van der Waals surface area contributed by atoms with Crippen LogP contribution >= 0.6 is 11.3 Å². The van der Waals surface area contributed by atoms with Gasteiger partial charge in [0.05, 0.1) is 40.3 Å². The molecule has 0 bridgehead atoms. The number of rotatable bonds is 5. The molecule has 8 nitrogen and oxygen atoms in total. The second kappa shape index (κ2) is 9.50. The summed E-state index contributed by atoms with van der Waals surface area (Å²) in [6.07, 6.45) is 10.6. The molecule has 1 aliphatic rings. The highest BCUT2D eigenvalue weighted by atomic mass is 32.1. The third-order valence-electron chi connectivity index (χ3n) is 7.29. The van der Waals surface area contributed by atoms with Gasteiger partial charge >= 0.3 is 0 Å². The lowest BCUT2D eigenvalue weighted by molar-refractivity contribution is -0.120. The van der Waals surface area contributed by atoms with E-state index in [9.17, 15) is 4.79 Å². The maximum absolute atomic E-state index is 12.8. The highest BCUT2D eigenvalue weighted by Crippen LogP contribution is 2.33. The summed E-state index contributed by atoms with van der Waals surface area (Å²) in [5.74, 6) is 0.855. The van der Waals surface area contributed by atoms with Crippen LogP contribution in [0.4, 0.5) is 5.69 Å². The Bertz CT molecular complexity index is 1760. The number of fused-ring (bicyclic) bond motifs is 2. The average molecular weight is 520 g/mol. The smallest absolute Gasteiger partial charge is 0.227 e. The second-order valence-electron chi connectivity index (χ2n) is 9.77. The molecule has 0 unspecified atom stereocenters. The molecule has 0 spiro atoms. The molecule has 1 aromatic carbocycles. The first-order valence-corrected chi connectivity index (χ1v) is 13.8. The quantitative estimate of drug-likeness (QED) is 0.232. The van der Waals surface area contributed by atoms with Crippen molar-refractivity contribution in [3.05, 3.63) is 65.7 Å². The molecule has 1 saturated carbocycles. The maximum Gasteiger partial charge on any atom is 0.227 e. The first kappa shape index (κ1) is 22.8. The first-order valence-electron chi connectivity index (χ1n) is 12.8. The zero-order valence-corrected chi connectivity index (χ0v) is 21.4. The Morgan fingerprint density at radius 1 is 1.00 bits per heavy atom. The molecule has 5 aromatic heterocycles. The van der Waals surface area contributed by atoms with Crippen LogP contribution in [-0.4, -0.2) is 36.0 Å². The van der Waals surface area contributed by atoms with Gasteiger partial charge in [0, 0.05) is 28.6 Å². The standard InChI is InChI=1S/C29H25N7OS/c37-29(17-5-2-1-3-6-17)32-20-11-19(13-30-14-20)24-12-22-25(15-31-24)35-36-27(22)28-33-23-8-4-7-21(26(23)34-28)18-9-10-38-16-18/h4,7-17H,1-3,5-6H2,(H,32,37)(H,33,34)(H,35,36). The zero-order valence-electron chi connectivity index (χ0n) is 20.6. The van der Waals surface area contributed by atoms with Gasteiger partial charge in [-0.2, -0.15) is 16.4 Å². The number of aromatic amines is 2. The molecule has 1 fully saturated rings. The summed E-state index contributed by atoms with van der Waals surface area (Å²) in [4.78, 5) is 30.1. The fourth-order valence-electron chi connectivity index (χ4n) is 5.31. The molecule has 5 heterocycles. The third kappa shape index (κ3) is 4.14. The third-order valence-corrected chi connectivity index (χ3v) is 7.98. The van der Waals surface area contributed by atoms with E-state index in [4.69, 9.17) is 4.98 Å². The number of imidazole rings is 1. The lowest BCUT2D eigenvalue weighted by Crippen LogP contribution is -2.24. The van der Waals surface area contributed by atoms with E-state index in [1.807, 2.05) is 24.3 Å². The first-order chi connectivity index (χ1) is 18.7. The highest BCUT2D eigenvalue weighted by Gasteiger charge is 2.21. The van der Waals surface area contributed by atoms with Crippen LogP contribution < -0.4 is 5.32 Å². The number of para-hydroxylation sites is 1. The fraction of sp³-hybridized carbons (Fsp3) is 0.207. The lowest BCUT2D eigenvalue weighted by Gasteiger charge is -2.20. The number of hydrogen-bond donors (Lipinski definition) is 3. The molecule has 3 N–H and O–H groups in total. The molecule has 188 valence electrons. The van der Waals surface area contributed by atoms with Crippen molar-refractivity contribution >= 4 is 44.9 Å². The average Bonchev–Trinajstić information content (AvgIpc) is 3.73. The number of H-pyrrole nitrogens is 2. The van der Waals surface area contributed by atoms with Crippen molar-refractivity contribution < 1.29 is 4.79 Å². The molecule has 9 heteroatoms. The normalized spacial score (nSPS) is 14.3. The Hall–Kier alpha value is -4.37. The Kier molecular flexibility index (Phi) is 5.70. The van der Waals surface area contributed by atoms with Gasteiger partial charge in [0.1, 0.15) is 5.69 Å². The molecular formula is C29H25N7OS. The number of anilines is 1. The highest BCUT2D eigenvalue weighted by molar-refractivity contribution is 7.08. The Labute approximate surface area is 222 Å². The molecule has 0 saturated heterocycles. The Morgan fingerprint density at radius 3 is 2.79 bits per heavy atom. The summed E-state index contributed by atoms with van der Waals surface area (Å²) >= 11 is 1.67. The van der Waals surface area contributed by atoms with Crippen LogP contribution in [0.5, 0.6) is 0 Å². The number of aromatic nitrogens is 6. The van der Waals surface area contributed by atoms with Gasteiger partial charge in [-0.05, 0) is 53.4 Å². The molecule has 0 aliphatic heterocycles. The van der Waals surface area contributed by atoms with E-state index in [-0.39, 0.29) is 11.8 Å². The van der Waals surface area contributed by atoms with Gasteiger partial charge in [0.15, 0.2) is 5.82 Å². The van der Waals surface area contributed by atoms with Crippen LogP contribution in [-0.2, 0) is 4.79 Å². The molecule has 7 rings (SSSR count). The number of thiophene rings is 1. The summed E-state index contributed by atoms with van der Waals surface area (Å²) in [6.45, 7) is 0. The number of amides is 1. The van der Waals surface area contributed by atoms with Gasteiger partial charge < -0.3 is 10.3 Å². The minimum absolute atomic E-state index is 0.0795. The summed E-state index contributed by atoms with van der Waals surface area (Å²) in [5, 5.41) is 15.8. The van der Waals surface area contributed by atoms with Gasteiger partial charge in [-0.15, -0.1) is 0 Å². The van der Waals surface area contributed by atoms with Crippen molar-refractivity contribution in [2.45, 2.75) is 32.1 Å². The van der Waals surface area contributed by atoms with E-state index < -0.39 is 0 Å². The van der Waals surface area contributed by atoms with E-state index in [0.29, 0.717) is 11.5 Å². The van der Waals surface area contributed by atoms with E-state index in [2.05, 4.69) is 53.4 Å². The summed E-state index contributed by atoms with van der Waals surface area (Å²) < 4.78 is 0. The van der Waals surface area contributed by atoms with Crippen LogP contribution in [0.3, 0.4) is 0 Å². The molecule has 0 atom stereocenters. The maximum atomic E-state index is 12.8. The van der Waals surface area contributed by atoms with Crippen molar-refractivity contribution in [3.63, 3.8) is 0 Å². The molecule has 38 heavy (non-hydrogen) atoms. The molecular weight excluding hydrogens is 494 g/mol. The largest absolute Gasteiger partial charge is 0.337 e. The van der Waals surface area contributed by atoms with Crippen LogP contribution in [0.1, 0.15) is 32.1 Å². The van der Waals surface area contributed by atoms with Crippen molar-refractivity contribution in [2.24, 2.45) is 5.92 Å². The van der Waals surface area contributed by atoms with Gasteiger partial charge in [-0.1, -0.05) is 31.4 Å². The van der Waals surface area contributed by atoms with Gasteiger partial charge in [-0.25, -0.2) is 4.98 Å². The topological polar surface area (TPSA) is 112 Å². The summed E-state index contributed by atoms with van der Waals surface area (Å²) in [5.41, 5.74) is 7.91. The van der Waals surface area contributed by atoms with E-state index in [1.165, 1.54) is 6.42 Å². The number of pyridine rings is 2. The number of nitrogens with zero attached hydrogens (tertiary/aromatic N) is 4. The predicted molar refractivity (Wildman–Crippen MR) is 151 cm³/mol. The SMILES string of the molecule is O=C(Nc1cncc(-c2cc3c(-c4nc5c(-c6ccsc6)cccc5[nH]4)n[nH]c3cn2)c1)C1CCCCC1. The molecule has 1 amide bonds. The zero-order chi connectivity index (χ0) is 25.5.